The van der Waals surface area contributed by atoms with Gasteiger partial charge >= 0.3 is 0 Å². The molecule has 2 rings (SSSR count). The normalized spacial score (nSPS) is 13.1. The van der Waals surface area contributed by atoms with Crippen molar-refractivity contribution in [1.29, 1.82) is 0 Å². The molecule has 1 aromatic carbocycles. The average molecular weight is 379 g/mol. The van der Waals surface area contributed by atoms with Crippen LogP contribution in [0.2, 0.25) is 0 Å². The fourth-order valence-electron chi connectivity index (χ4n) is 2.21. The summed E-state index contributed by atoms with van der Waals surface area (Å²) in [5, 5.41) is 5.93. The first-order valence-corrected chi connectivity index (χ1v) is 9.19. The van der Waals surface area contributed by atoms with Crippen LogP contribution in [0.4, 0.5) is 10.2 Å². The molecule has 0 saturated heterocycles. The SMILES string of the molecule is Cc1cc(NC(=O)[C@H](C)SCC(=O)N(C)[C@H](C)c2ccc(F)cc2)no1. The van der Waals surface area contributed by atoms with Crippen LogP contribution in [0.3, 0.4) is 0 Å². The van der Waals surface area contributed by atoms with Gasteiger partial charge in [-0.3, -0.25) is 9.59 Å². The summed E-state index contributed by atoms with van der Waals surface area (Å²) in [7, 11) is 1.69. The zero-order chi connectivity index (χ0) is 19.3. The monoisotopic (exact) mass is 379 g/mol. The molecule has 0 aliphatic carbocycles. The molecule has 0 aliphatic rings. The Morgan fingerprint density at radius 2 is 1.96 bits per heavy atom. The number of aryl methyl sites for hydroxylation is 1. The Morgan fingerprint density at radius 3 is 2.54 bits per heavy atom. The van der Waals surface area contributed by atoms with Crippen molar-refractivity contribution in [2.24, 2.45) is 0 Å². The molecule has 2 amide bonds. The van der Waals surface area contributed by atoms with E-state index in [9.17, 15) is 14.0 Å². The minimum absolute atomic E-state index is 0.108. The molecule has 1 heterocycles. The fraction of sp³-hybridized carbons (Fsp3) is 0.389. The highest BCUT2D eigenvalue weighted by Gasteiger charge is 2.21. The number of nitrogens with zero attached hydrogens (tertiary/aromatic N) is 2. The molecule has 0 saturated carbocycles. The smallest absolute Gasteiger partial charge is 0.238 e. The second-order valence-electron chi connectivity index (χ2n) is 6.00. The van der Waals surface area contributed by atoms with E-state index in [1.165, 1.54) is 23.9 Å². The minimum Gasteiger partial charge on any atom is -0.360 e. The van der Waals surface area contributed by atoms with Gasteiger partial charge in [-0.15, -0.1) is 11.8 Å². The Balaban J connectivity index is 1.84. The molecule has 0 spiro atoms. The van der Waals surface area contributed by atoms with E-state index in [0.29, 0.717) is 11.6 Å². The quantitative estimate of drug-likeness (QED) is 0.798. The molecule has 1 N–H and O–H groups in total. The number of hydrogen-bond donors (Lipinski definition) is 1. The number of anilines is 1. The van der Waals surface area contributed by atoms with Gasteiger partial charge in [-0.1, -0.05) is 17.3 Å². The van der Waals surface area contributed by atoms with Crippen LogP contribution < -0.4 is 5.32 Å². The Hall–Kier alpha value is -2.35. The molecule has 2 atom stereocenters. The molecule has 0 aliphatic heterocycles. The maximum Gasteiger partial charge on any atom is 0.238 e. The van der Waals surface area contributed by atoms with Gasteiger partial charge < -0.3 is 14.7 Å². The molecule has 6 nitrogen and oxygen atoms in total. The number of aromatic nitrogens is 1. The van der Waals surface area contributed by atoms with Crippen molar-refractivity contribution < 1.29 is 18.5 Å². The number of carbonyl (C=O) groups is 2. The molecule has 2 aromatic rings. The fourth-order valence-corrected chi connectivity index (χ4v) is 3.01. The number of hydrogen-bond acceptors (Lipinski definition) is 5. The maximum absolute atomic E-state index is 13.0. The lowest BCUT2D eigenvalue weighted by Gasteiger charge is -2.25. The molecule has 0 unspecified atom stereocenters. The van der Waals surface area contributed by atoms with E-state index in [1.807, 2.05) is 6.92 Å². The van der Waals surface area contributed by atoms with Gasteiger partial charge in [-0.25, -0.2) is 4.39 Å². The summed E-state index contributed by atoms with van der Waals surface area (Å²) in [5.74, 6) is 0.455. The second-order valence-corrected chi connectivity index (χ2v) is 7.33. The van der Waals surface area contributed by atoms with Crippen molar-refractivity contribution in [2.45, 2.75) is 32.1 Å². The van der Waals surface area contributed by atoms with Gasteiger partial charge in [0.15, 0.2) is 5.82 Å². The van der Waals surface area contributed by atoms with Gasteiger partial charge in [0.2, 0.25) is 11.8 Å². The standard InChI is InChI=1S/C18H22FN3O3S/c1-11-9-16(21-25-11)20-18(24)13(3)26-10-17(23)22(4)12(2)14-5-7-15(19)8-6-14/h5-9,12-13H,10H2,1-4H3,(H,20,21,24)/t12-,13+/m1/s1. The summed E-state index contributed by atoms with van der Waals surface area (Å²) in [6.45, 7) is 5.33. The summed E-state index contributed by atoms with van der Waals surface area (Å²) < 4.78 is 17.9. The second kappa shape index (κ2) is 8.84. The third-order valence-electron chi connectivity index (χ3n) is 4.03. The summed E-state index contributed by atoms with van der Waals surface area (Å²) in [5.41, 5.74) is 0.847. The first kappa shape index (κ1) is 20.0. The summed E-state index contributed by atoms with van der Waals surface area (Å²) in [6, 6.07) is 7.50. The lowest BCUT2D eigenvalue weighted by Crippen LogP contribution is -2.32. The van der Waals surface area contributed by atoms with Crippen LogP contribution in [0, 0.1) is 12.7 Å². The zero-order valence-electron chi connectivity index (χ0n) is 15.2. The zero-order valence-corrected chi connectivity index (χ0v) is 16.0. The largest absolute Gasteiger partial charge is 0.360 e. The van der Waals surface area contributed by atoms with Crippen molar-refractivity contribution >= 4 is 29.4 Å². The summed E-state index contributed by atoms with van der Waals surface area (Å²) >= 11 is 1.24. The number of rotatable bonds is 7. The lowest BCUT2D eigenvalue weighted by molar-refractivity contribution is -0.128. The van der Waals surface area contributed by atoms with Crippen LogP contribution in [0.25, 0.3) is 0 Å². The molecule has 8 heteroatoms. The number of carbonyl (C=O) groups excluding carboxylic acids is 2. The van der Waals surface area contributed by atoms with Crippen molar-refractivity contribution in [3.05, 3.63) is 47.5 Å². The van der Waals surface area contributed by atoms with Crippen molar-refractivity contribution in [1.82, 2.24) is 10.1 Å². The Kier molecular flexibility index (Phi) is 6.79. The molecular weight excluding hydrogens is 357 g/mol. The van der Waals surface area contributed by atoms with Crippen LogP contribution in [0.15, 0.2) is 34.9 Å². The molecule has 1 aromatic heterocycles. The topological polar surface area (TPSA) is 75.4 Å². The maximum atomic E-state index is 13.0. The highest BCUT2D eigenvalue weighted by atomic mass is 32.2. The Bertz CT molecular complexity index is 763. The van der Waals surface area contributed by atoms with Crippen LogP contribution in [0.1, 0.15) is 31.2 Å². The van der Waals surface area contributed by atoms with Crippen molar-refractivity contribution in [3.63, 3.8) is 0 Å². The molecule has 0 radical (unpaired) electrons. The lowest BCUT2D eigenvalue weighted by atomic mass is 10.1. The number of benzene rings is 1. The third kappa shape index (κ3) is 5.32. The van der Waals surface area contributed by atoms with Crippen LogP contribution in [0.5, 0.6) is 0 Å². The Labute approximate surface area is 156 Å². The van der Waals surface area contributed by atoms with Crippen LogP contribution >= 0.6 is 11.8 Å². The predicted molar refractivity (Wildman–Crippen MR) is 99.4 cm³/mol. The van der Waals surface area contributed by atoms with E-state index >= 15 is 0 Å². The molecule has 140 valence electrons. The van der Waals surface area contributed by atoms with E-state index in [1.54, 1.807) is 44.0 Å². The number of halogens is 1. The number of nitrogens with one attached hydrogen (secondary N) is 1. The first-order valence-electron chi connectivity index (χ1n) is 8.15. The van der Waals surface area contributed by atoms with Crippen molar-refractivity contribution in [3.8, 4) is 0 Å². The van der Waals surface area contributed by atoms with E-state index in [-0.39, 0.29) is 29.4 Å². The summed E-state index contributed by atoms with van der Waals surface area (Å²) in [4.78, 5) is 26.1. The van der Waals surface area contributed by atoms with Crippen LogP contribution in [-0.2, 0) is 9.59 Å². The van der Waals surface area contributed by atoms with E-state index < -0.39 is 5.25 Å². The van der Waals surface area contributed by atoms with E-state index in [4.69, 9.17) is 4.52 Å². The van der Waals surface area contributed by atoms with Gasteiger partial charge in [0.05, 0.1) is 17.0 Å². The average Bonchev–Trinajstić information content (AvgIpc) is 3.03. The van der Waals surface area contributed by atoms with Gasteiger partial charge in [-0.2, -0.15) is 0 Å². The predicted octanol–water partition coefficient (Wildman–Crippen LogP) is 3.40. The van der Waals surface area contributed by atoms with E-state index in [0.717, 1.165) is 5.56 Å². The molecule has 0 bridgehead atoms. The van der Waals surface area contributed by atoms with Crippen molar-refractivity contribution in [2.75, 3.05) is 18.1 Å². The molecule has 0 fully saturated rings. The van der Waals surface area contributed by atoms with Gasteiger partial charge in [-0.05, 0) is 38.5 Å². The van der Waals surface area contributed by atoms with Crippen LogP contribution in [-0.4, -0.2) is 39.9 Å². The molecular formula is C18H22FN3O3S. The van der Waals surface area contributed by atoms with Gasteiger partial charge in [0.25, 0.3) is 0 Å². The highest BCUT2D eigenvalue weighted by Crippen LogP contribution is 2.21. The number of amides is 2. The minimum atomic E-state index is -0.425. The first-order chi connectivity index (χ1) is 12.3. The van der Waals surface area contributed by atoms with Gasteiger partial charge in [0.1, 0.15) is 11.6 Å². The van der Waals surface area contributed by atoms with E-state index in [2.05, 4.69) is 10.5 Å². The van der Waals surface area contributed by atoms with Gasteiger partial charge in [0, 0.05) is 13.1 Å². The third-order valence-corrected chi connectivity index (χ3v) is 5.16. The summed E-state index contributed by atoms with van der Waals surface area (Å²) in [6.07, 6.45) is 0. The highest BCUT2D eigenvalue weighted by molar-refractivity contribution is 8.01. The number of thioether (sulfide) groups is 1. The molecule has 26 heavy (non-hydrogen) atoms. The Morgan fingerprint density at radius 1 is 1.31 bits per heavy atom.